The van der Waals surface area contributed by atoms with Crippen molar-refractivity contribution in [2.24, 2.45) is 0 Å². The van der Waals surface area contributed by atoms with Gasteiger partial charge in [0.05, 0.1) is 6.54 Å². The number of hydrogen-bond acceptors (Lipinski definition) is 4. The van der Waals surface area contributed by atoms with Gasteiger partial charge in [0.15, 0.2) is 5.82 Å². The normalized spacial score (nSPS) is 11.2. The van der Waals surface area contributed by atoms with E-state index < -0.39 is 0 Å². The van der Waals surface area contributed by atoms with Crippen LogP contribution in [0.2, 0.25) is 5.28 Å². The molecule has 0 radical (unpaired) electrons. The van der Waals surface area contributed by atoms with Gasteiger partial charge < -0.3 is 5.32 Å². The molecule has 3 aromatic heterocycles. The average molecular weight is 386 g/mol. The Labute approximate surface area is 140 Å². The first-order chi connectivity index (χ1) is 10.2. The summed E-state index contributed by atoms with van der Waals surface area (Å²) in [5, 5.41) is 9.91. The molecule has 0 unspecified atom stereocenters. The molecule has 0 atom stereocenters. The molecule has 0 saturated carbocycles. The lowest BCUT2D eigenvalue weighted by Crippen LogP contribution is -2.05. The second-order valence-electron chi connectivity index (χ2n) is 4.67. The van der Waals surface area contributed by atoms with Crippen LogP contribution in [-0.2, 0) is 13.0 Å². The lowest BCUT2D eigenvalue weighted by atomic mass is 10.2. The van der Waals surface area contributed by atoms with E-state index in [4.69, 9.17) is 11.6 Å². The topological polar surface area (TPSA) is 42.2 Å². The standard InChI is InChI=1S/C14H14BrClN4S/c1-2-4-9-7-11-13(17-8-10-5-3-6-21-10)18-14(16)19-20(11)12(9)15/h3,5-7H,2,4,8H2,1H3,(H,17,18,19). The highest BCUT2D eigenvalue weighted by molar-refractivity contribution is 9.10. The molecule has 0 aromatic carbocycles. The molecular weight excluding hydrogens is 372 g/mol. The van der Waals surface area contributed by atoms with Crippen LogP contribution in [0, 0.1) is 0 Å². The van der Waals surface area contributed by atoms with Gasteiger partial charge in [0.2, 0.25) is 5.28 Å². The molecular formula is C14H14BrClN4S. The van der Waals surface area contributed by atoms with E-state index in [0.29, 0.717) is 0 Å². The van der Waals surface area contributed by atoms with E-state index >= 15 is 0 Å². The van der Waals surface area contributed by atoms with Crippen molar-refractivity contribution in [1.29, 1.82) is 0 Å². The molecule has 4 nitrogen and oxygen atoms in total. The molecule has 1 N–H and O–H groups in total. The monoisotopic (exact) mass is 384 g/mol. The van der Waals surface area contributed by atoms with Crippen LogP contribution in [0.5, 0.6) is 0 Å². The van der Waals surface area contributed by atoms with E-state index in [1.54, 1.807) is 15.9 Å². The summed E-state index contributed by atoms with van der Waals surface area (Å²) in [6, 6.07) is 6.24. The zero-order valence-electron chi connectivity index (χ0n) is 11.4. The van der Waals surface area contributed by atoms with Crippen molar-refractivity contribution in [3.63, 3.8) is 0 Å². The highest BCUT2D eigenvalue weighted by Crippen LogP contribution is 2.27. The minimum Gasteiger partial charge on any atom is -0.363 e. The van der Waals surface area contributed by atoms with Crippen molar-refractivity contribution in [3.8, 4) is 0 Å². The number of aromatic nitrogens is 3. The second-order valence-corrected chi connectivity index (χ2v) is 6.79. The molecule has 0 saturated heterocycles. The Kier molecular flexibility index (Phi) is 4.47. The third-order valence-electron chi connectivity index (χ3n) is 3.15. The van der Waals surface area contributed by atoms with Gasteiger partial charge >= 0.3 is 0 Å². The summed E-state index contributed by atoms with van der Waals surface area (Å²) >= 11 is 11.4. The van der Waals surface area contributed by atoms with Gasteiger partial charge in [0, 0.05) is 4.88 Å². The predicted molar refractivity (Wildman–Crippen MR) is 91.3 cm³/mol. The minimum atomic E-state index is 0.232. The van der Waals surface area contributed by atoms with Gasteiger partial charge in [-0.1, -0.05) is 19.4 Å². The number of anilines is 1. The first-order valence-corrected chi connectivity index (χ1v) is 8.74. The van der Waals surface area contributed by atoms with Crippen molar-refractivity contribution >= 4 is 50.2 Å². The Morgan fingerprint density at radius 1 is 1.48 bits per heavy atom. The number of nitrogens with one attached hydrogen (secondary N) is 1. The minimum absolute atomic E-state index is 0.232. The third kappa shape index (κ3) is 3.07. The first kappa shape index (κ1) is 14.8. The maximum Gasteiger partial charge on any atom is 0.243 e. The molecule has 110 valence electrons. The smallest absolute Gasteiger partial charge is 0.243 e. The summed E-state index contributed by atoms with van der Waals surface area (Å²) in [4.78, 5) is 5.57. The fraction of sp³-hybridized carbons (Fsp3) is 0.286. The van der Waals surface area contributed by atoms with Gasteiger partial charge in [-0.05, 0) is 57.0 Å². The van der Waals surface area contributed by atoms with Gasteiger partial charge in [0.1, 0.15) is 10.1 Å². The molecule has 0 aliphatic rings. The fourth-order valence-electron chi connectivity index (χ4n) is 2.21. The third-order valence-corrected chi connectivity index (χ3v) is 5.03. The Balaban J connectivity index is 1.98. The van der Waals surface area contributed by atoms with E-state index in [9.17, 15) is 0 Å². The van der Waals surface area contributed by atoms with Gasteiger partial charge in [-0.15, -0.1) is 16.4 Å². The zero-order valence-corrected chi connectivity index (χ0v) is 14.6. The molecule has 0 amide bonds. The molecule has 7 heteroatoms. The van der Waals surface area contributed by atoms with Gasteiger partial charge in [-0.2, -0.15) is 4.98 Å². The number of nitrogens with zero attached hydrogens (tertiary/aromatic N) is 3. The Hall–Kier alpha value is -1.11. The number of thiophene rings is 1. The second kappa shape index (κ2) is 6.34. The maximum absolute atomic E-state index is 6.04. The van der Waals surface area contributed by atoms with Crippen LogP contribution >= 0.6 is 38.9 Å². The van der Waals surface area contributed by atoms with E-state index in [2.05, 4.69) is 55.8 Å². The number of hydrogen-bond donors (Lipinski definition) is 1. The van der Waals surface area contributed by atoms with Crippen LogP contribution in [0.15, 0.2) is 28.2 Å². The van der Waals surface area contributed by atoms with Crippen LogP contribution < -0.4 is 5.32 Å². The lowest BCUT2D eigenvalue weighted by molar-refractivity contribution is 0.859. The number of rotatable bonds is 5. The molecule has 0 bridgehead atoms. The molecule has 0 spiro atoms. The van der Waals surface area contributed by atoms with Crippen LogP contribution in [0.25, 0.3) is 5.52 Å². The molecule has 0 aliphatic heterocycles. The number of aryl methyl sites for hydroxylation is 1. The van der Waals surface area contributed by atoms with Crippen molar-refractivity contribution in [2.45, 2.75) is 26.3 Å². The summed E-state index contributed by atoms with van der Waals surface area (Å²) in [5.74, 6) is 0.756. The molecule has 3 aromatic rings. The molecule has 21 heavy (non-hydrogen) atoms. The van der Waals surface area contributed by atoms with E-state index in [0.717, 1.165) is 35.3 Å². The van der Waals surface area contributed by atoms with Gasteiger partial charge in [0.25, 0.3) is 0 Å². The zero-order chi connectivity index (χ0) is 14.8. The van der Waals surface area contributed by atoms with Crippen molar-refractivity contribution < 1.29 is 0 Å². The quantitative estimate of drug-likeness (QED) is 0.688. The Bertz CT molecular complexity index is 754. The van der Waals surface area contributed by atoms with E-state index in [-0.39, 0.29) is 5.28 Å². The van der Waals surface area contributed by atoms with E-state index in [1.165, 1.54) is 10.4 Å². The predicted octanol–water partition coefficient (Wildman–Crippen LogP) is 4.77. The SMILES string of the molecule is CCCc1cc2c(NCc3cccs3)nc(Cl)nn2c1Br. The van der Waals surface area contributed by atoms with Gasteiger partial charge in [-0.3, -0.25) is 0 Å². The van der Waals surface area contributed by atoms with E-state index in [1.807, 2.05) is 6.07 Å². The number of fused-ring (bicyclic) bond motifs is 1. The summed E-state index contributed by atoms with van der Waals surface area (Å²) in [5.41, 5.74) is 2.15. The maximum atomic E-state index is 6.04. The highest BCUT2D eigenvalue weighted by Gasteiger charge is 2.14. The summed E-state index contributed by atoms with van der Waals surface area (Å²) in [6.07, 6.45) is 2.07. The lowest BCUT2D eigenvalue weighted by Gasteiger charge is -2.06. The Morgan fingerprint density at radius 2 is 2.33 bits per heavy atom. The van der Waals surface area contributed by atoms with Crippen LogP contribution in [0.4, 0.5) is 5.82 Å². The summed E-state index contributed by atoms with van der Waals surface area (Å²) in [7, 11) is 0. The van der Waals surface area contributed by atoms with Crippen LogP contribution in [0.3, 0.4) is 0 Å². The highest BCUT2D eigenvalue weighted by atomic mass is 79.9. The molecule has 0 aliphatic carbocycles. The van der Waals surface area contributed by atoms with Crippen molar-refractivity contribution in [3.05, 3.63) is 43.9 Å². The summed E-state index contributed by atoms with van der Waals surface area (Å²) in [6.45, 7) is 2.88. The molecule has 0 fully saturated rings. The molecule has 3 heterocycles. The van der Waals surface area contributed by atoms with Gasteiger partial charge in [-0.25, -0.2) is 4.52 Å². The number of halogens is 2. The fourth-order valence-corrected chi connectivity index (χ4v) is 3.59. The molecule has 3 rings (SSSR count). The average Bonchev–Trinajstić information content (AvgIpc) is 3.07. The van der Waals surface area contributed by atoms with Crippen LogP contribution in [-0.4, -0.2) is 14.6 Å². The first-order valence-electron chi connectivity index (χ1n) is 6.69. The Morgan fingerprint density at radius 3 is 3.05 bits per heavy atom. The van der Waals surface area contributed by atoms with Crippen molar-refractivity contribution in [1.82, 2.24) is 14.6 Å². The largest absolute Gasteiger partial charge is 0.363 e. The van der Waals surface area contributed by atoms with Crippen molar-refractivity contribution in [2.75, 3.05) is 5.32 Å². The van der Waals surface area contributed by atoms with Crippen LogP contribution in [0.1, 0.15) is 23.8 Å². The summed E-state index contributed by atoms with van der Waals surface area (Å²) < 4.78 is 2.75.